The monoisotopic (exact) mass is 389 g/mol. The average molecular weight is 390 g/mol. The van der Waals surface area contributed by atoms with Crippen LogP contribution in [0.25, 0.3) is 0 Å². The van der Waals surface area contributed by atoms with Crippen LogP contribution in [-0.2, 0) is 4.74 Å². The molecule has 0 radical (unpaired) electrons. The molecule has 0 unspecified atom stereocenters. The summed E-state index contributed by atoms with van der Waals surface area (Å²) in [6, 6.07) is 0.470. The summed E-state index contributed by atoms with van der Waals surface area (Å²) >= 11 is 1.62. The van der Waals surface area contributed by atoms with Crippen molar-refractivity contribution >= 4 is 22.6 Å². The molecule has 27 heavy (non-hydrogen) atoms. The highest BCUT2D eigenvalue weighted by molar-refractivity contribution is 8.14. The summed E-state index contributed by atoms with van der Waals surface area (Å²) in [5.41, 5.74) is 1.52. The second-order valence-corrected chi connectivity index (χ2v) is 9.58. The van der Waals surface area contributed by atoms with E-state index in [4.69, 9.17) is 9.73 Å². The lowest BCUT2D eigenvalue weighted by Gasteiger charge is -2.36. The Labute approximate surface area is 163 Å². The van der Waals surface area contributed by atoms with Crippen LogP contribution in [-0.4, -0.2) is 36.8 Å². The van der Waals surface area contributed by atoms with Gasteiger partial charge in [-0.2, -0.15) is 5.10 Å². The highest BCUT2D eigenvalue weighted by atomic mass is 32.2. The maximum Gasteiger partial charge on any atom is 0.271 e. The predicted octanol–water partition coefficient (Wildman–Crippen LogP) is 3.97. The molecule has 0 bridgehead atoms. The number of aromatic nitrogens is 4. The summed E-state index contributed by atoms with van der Waals surface area (Å²) in [6.45, 7) is 11.1. The van der Waals surface area contributed by atoms with E-state index in [1.54, 1.807) is 11.8 Å². The van der Waals surface area contributed by atoms with Gasteiger partial charge in [0.1, 0.15) is 0 Å². The fourth-order valence-electron chi connectivity index (χ4n) is 3.90. The minimum Gasteiger partial charge on any atom is -0.375 e. The Morgan fingerprint density at radius 3 is 2.85 bits per heavy atom. The third-order valence-electron chi connectivity index (χ3n) is 5.24. The maximum absolute atomic E-state index is 12.9. The molecule has 4 heterocycles. The molecule has 4 rings (SSSR count). The van der Waals surface area contributed by atoms with Gasteiger partial charge in [0.25, 0.3) is 5.56 Å². The molecule has 0 spiro atoms. The number of aliphatic imine (C=N–C) groups is 1. The van der Waals surface area contributed by atoms with E-state index in [2.05, 4.69) is 37.9 Å². The van der Waals surface area contributed by atoms with Gasteiger partial charge < -0.3 is 4.74 Å². The van der Waals surface area contributed by atoms with E-state index in [1.807, 2.05) is 28.7 Å². The van der Waals surface area contributed by atoms with E-state index >= 15 is 0 Å². The molecule has 2 aromatic rings. The van der Waals surface area contributed by atoms with E-state index in [0.29, 0.717) is 6.61 Å². The Hall–Kier alpha value is -1.80. The Kier molecular flexibility index (Phi) is 4.58. The number of nitrogens with zero attached hydrogens (tertiary/aromatic N) is 4. The Morgan fingerprint density at radius 1 is 1.41 bits per heavy atom. The van der Waals surface area contributed by atoms with Crippen molar-refractivity contribution in [1.82, 2.24) is 19.6 Å². The van der Waals surface area contributed by atoms with E-state index in [-0.39, 0.29) is 28.5 Å². The number of nitrogens with one attached hydrogen (secondary N) is 1. The summed E-state index contributed by atoms with van der Waals surface area (Å²) in [6.07, 6.45) is 5.63. The van der Waals surface area contributed by atoms with Crippen molar-refractivity contribution in [2.45, 2.75) is 70.4 Å². The molecule has 0 amide bonds. The number of hydrogen-bond acceptors (Lipinski definition) is 5. The van der Waals surface area contributed by atoms with Crippen LogP contribution in [0.5, 0.6) is 0 Å². The number of rotatable bonds is 3. The first-order chi connectivity index (χ1) is 12.7. The largest absolute Gasteiger partial charge is 0.375 e. The zero-order valence-electron chi connectivity index (χ0n) is 16.5. The van der Waals surface area contributed by atoms with Gasteiger partial charge in [-0.25, -0.2) is 4.99 Å². The minimum atomic E-state index is -0.197. The second kappa shape index (κ2) is 6.67. The summed E-state index contributed by atoms with van der Waals surface area (Å²) in [4.78, 5) is 17.7. The quantitative estimate of drug-likeness (QED) is 0.862. The normalized spacial score (nSPS) is 24.7. The van der Waals surface area contributed by atoms with E-state index in [0.717, 1.165) is 34.8 Å². The molecule has 2 aliphatic rings. The maximum atomic E-state index is 12.9. The molecule has 2 aromatic heterocycles. The highest BCUT2D eigenvalue weighted by Crippen LogP contribution is 2.45. The van der Waals surface area contributed by atoms with Gasteiger partial charge in [0.15, 0.2) is 5.82 Å². The number of fused-ring (bicyclic) bond motifs is 1. The molecule has 1 saturated heterocycles. The SMILES string of the molecule is CC1=Nc2c(c(=O)[nH]n2[C@H]2CCOC(C)(C)C2)[C@@H](c2cnn(C(C)C)c2)S1. The lowest BCUT2D eigenvalue weighted by atomic mass is 9.94. The molecule has 7 nitrogen and oxygen atoms in total. The fraction of sp³-hybridized carbons (Fsp3) is 0.632. The molecule has 0 aromatic carbocycles. The van der Waals surface area contributed by atoms with Crippen molar-refractivity contribution in [2.75, 3.05) is 6.61 Å². The number of aromatic amines is 1. The number of thioether (sulfide) groups is 1. The number of ether oxygens (including phenoxy) is 1. The average Bonchev–Trinajstić information content (AvgIpc) is 3.19. The first kappa shape index (κ1) is 18.6. The van der Waals surface area contributed by atoms with E-state index < -0.39 is 0 Å². The van der Waals surface area contributed by atoms with Crippen LogP contribution in [0, 0.1) is 0 Å². The molecule has 2 atom stereocenters. The molecule has 1 fully saturated rings. The molecule has 2 aliphatic heterocycles. The smallest absolute Gasteiger partial charge is 0.271 e. The van der Waals surface area contributed by atoms with Crippen LogP contribution < -0.4 is 5.56 Å². The first-order valence-corrected chi connectivity index (χ1v) is 10.4. The first-order valence-electron chi connectivity index (χ1n) is 9.49. The van der Waals surface area contributed by atoms with Crippen molar-refractivity contribution in [2.24, 2.45) is 4.99 Å². The van der Waals surface area contributed by atoms with Gasteiger partial charge in [0.2, 0.25) is 0 Å². The van der Waals surface area contributed by atoms with Gasteiger partial charge >= 0.3 is 0 Å². The van der Waals surface area contributed by atoms with Crippen molar-refractivity contribution < 1.29 is 4.74 Å². The molecule has 146 valence electrons. The van der Waals surface area contributed by atoms with Gasteiger partial charge in [0, 0.05) is 24.4 Å². The van der Waals surface area contributed by atoms with Gasteiger partial charge in [-0.15, -0.1) is 0 Å². The third-order valence-corrected chi connectivity index (χ3v) is 6.42. The van der Waals surface area contributed by atoms with Gasteiger partial charge in [0.05, 0.1) is 33.7 Å². The van der Waals surface area contributed by atoms with Crippen LogP contribution in [0.3, 0.4) is 0 Å². The lowest BCUT2D eigenvalue weighted by molar-refractivity contribution is -0.0705. The van der Waals surface area contributed by atoms with Crippen LogP contribution >= 0.6 is 11.8 Å². The molecule has 0 saturated carbocycles. The summed E-state index contributed by atoms with van der Waals surface area (Å²) in [5, 5.41) is 8.41. The van der Waals surface area contributed by atoms with Crippen LogP contribution in [0.2, 0.25) is 0 Å². The van der Waals surface area contributed by atoms with Crippen molar-refractivity contribution in [3.05, 3.63) is 33.9 Å². The number of H-pyrrole nitrogens is 1. The molecule has 0 aliphatic carbocycles. The van der Waals surface area contributed by atoms with Crippen molar-refractivity contribution in [1.29, 1.82) is 0 Å². The summed E-state index contributed by atoms with van der Waals surface area (Å²) in [7, 11) is 0. The minimum absolute atomic E-state index is 0.0552. The molecular weight excluding hydrogens is 362 g/mol. The topological polar surface area (TPSA) is 77.2 Å². The van der Waals surface area contributed by atoms with Crippen LogP contribution in [0.15, 0.2) is 22.2 Å². The summed E-state index contributed by atoms with van der Waals surface area (Å²) in [5.74, 6) is 0.765. The lowest BCUT2D eigenvalue weighted by Crippen LogP contribution is -2.35. The van der Waals surface area contributed by atoms with Gasteiger partial charge in [-0.05, 0) is 47.5 Å². The zero-order valence-corrected chi connectivity index (χ0v) is 17.3. The van der Waals surface area contributed by atoms with Crippen molar-refractivity contribution in [3.63, 3.8) is 0 Å². The Bertz CT molecular complexity index is 936. The second-order valence-electron chi connectivity index (χ2n) is 8.28. The number of hydrogen-bond donors (Lipinski definition) is 1. The van der Waals surface area contributed by atoms with E-state index in [1.165, 1.54) is 0 Å². The highest BCUT2D eigenvalue weighted by Gasteiger charge is 2.36. The van der Waals surface area contributed by atoms with E-state index in [9.17, 15) is 4.79 Å². The van der Waals surface area contributed by atoms with Crippen molar-refractivity contribution in [3.8, 4) is 0 Å². The Morgan fingerprint density at radius 2 is 2.19 bits per heavy atom. The molecular formula is C19H27N5O2S. The van der Waals surface area contributed by atoms with Gasteiger partial charge in [-0.3, -0.25) is 19.3 Å². The Balaban J connectivity index is 1.77. The fourth-order valence-corrected chi connectivity index (χ4v) is 4.97. The zero-order chi connectivity index (χ0) is 19.3. The van der Waals surface area contributed by atoms with Crippen LogP contribution in [0.4, 0.5) is 5.82 Å². The standard InChI is InChI=1S/C19H27N5O2S/c1-11(2)23-10-13(9-20-23)16-15-17(21-12(3)27-16)24(22-18(15)25)14-6-7-26-19(4,5)8-14/h9-11,14,16H,6-8H2,1-5H3,(H,22,25)/t14-,16+/m0/s1. The molecule has 8 heteroatoms. The van der Waals surface area contributed by atoms with Crippen LogP contribution in [0.1, 0.15) is 75.9 Å². The third kappa shape index (κ3) is 3.40. The predicted molar refractivity (Wildman–Crippen MR) is 108 cm³/mol. The molecule has 1 N–H and O–H groups in total. The summed E-state index contributed by atoms with van der Waals surface area (Å²) < 4.78 is 9.76. The van der Waals surface area contributed by atoms with Gasteiger partial charge in [-0.1, -0.05) is 11.8 Å².